The summed E-state index contributed by atoms with van der Waals surface area (Å²) >= 11 is 0. The summed E-state index contributed by atoms with van der Waals surface area (Å²) in [6.07, 6.45) is 0. The third-order valence-corrected chi connectivity index (χ3v) is 3.99. The van der Waals surface area contributed by atoms with Crippen molar-refractivity contribution in [3.63, 3.8) is 0 Å². The van der Waals surface area contributed by atoms with Crippen LogP contribution >= 0.6 is 0 Å². The number of hydrogen-bond acceptors (Lipinski definition) is 2. The molecule has 0 amide bonds. The summed E-state index contributed by atoms with van der Waals surface area (Å²) in [6, 6.07) is 12.8. The molecule has 1 unspecified atom stereocenters. The van der Waals surface area contributed by atoms with Crippen molar-refractivity contribution in [1.82, 2.24) is 0 Å². The van der Waals surface area contributed by atoms with Gasteiger partial charge in [-0.3, -0.25) is 0 Å². The van der Waals surface area contributed by atoms with E-state index >= 15 is 0 Å². The lowest BCUT2D eigenvalue weighted by molar-refractivity contribution is 0.858. The maximum Gasteiger partial charge on any atom is 0.0554 e. The molecule has 0 aliphatic heterocycles. The van der Waals surface area contributed by atoms with Crippen molar-refractivity contribution in [2.75, 3.05) is 19.0 Å². The number of nitrogens with two attached hydrogens (primary N) is 1. The molecule has 0 bridgehead atoms. The molecule has 2 rings (SSSR count). The third-order valence-electron chi connectivity index (χ3n) is 3.99. The summed E-state index contributed by atoms with van der Waals surface area (Å²) in [6.45, 7) is 6.42. The Bertz CT molecular complexity index is 598. The van der Waals surface area contributed by atoms with E-state index in [0.717, 1.165) is 5.56 Å². The summed E-state index contributed by atoms with van der Waals surface area (Å²) in [4.78, 5) is 2.09. The van der Waals surface area contributed by atoms with Crippen LogP contribution in [0, 0.1) is 20.8 Å². The predicted octanol–water partition coefficient (Wildman–Crippen LogP) is 3.73. The van der Waals surface area contributed by atoms with E-state index in [1.54, 1.807) is 0 Å². The molecule has 1 atom stereocenters. The Hall–Kier alpha value is -1.80. The summed E-state index contributed by atoms with van der Waals surface area (Å²) in [5.74, 6) is 0. The second-order valence-corrected chi connectivity index (χ2v) is 5.76. The Kier molecular flexibility index (Phi) is 4.15. The fourth-order valence-electron chi connectivity index (χ4n) is 2.48. The van der Waals surface area contributed by atoms with E-state index in [2.05, 4.69) is 62.1 Å². The Balaban J connectivity index is 2.36. The molecule has 0 saturated carbocycles. The summed E-state index contributed by atoms with van der Waals surface area (Å²) < 4.78 is 0. The van der Waals surface area contributed by atoms with Crippen LogP contribution in [0.1, 0.15) is 33.9 Å². The zero-order valence-electron chi connectivity index (χ0n) is 13.1. The molecule has 0 radical (unpaired) electrons. The average molecular weight is 268 g/mol. The van der Waals surface area contributed by atoms with Crippen molar-refractivity contribution in [2.45, 2.75) is 26.8 Å². The standard InChI is InChI=1S/C18H24N2/c1-12-10-14(3)17(11-13(12)2)18(19)15-6-8-16(9-7-15)20(4)5/h6-11,18H,19H2,1-5H3. The maximum absolute atomic E-state index is 6.45. The summed E-state index contributed by atoms with van der Waals surface area (Å²) in [7, 11) is 4.09. The van der Waals surface area contributed by atoms with Crippen LogP contribution in [0.15, 0.2) is 36.4 Å². The molecular formula is C18H24N2. The van der Waals surface area contributed by atoms with Crippen LogP contribution in [-0.2, 0) is 0 Å². The molecule has 0 spiro atoms. The first-order valence-corrected chi connectivity index (χ1v) is 7.00. The highest BCUT2D eigenvalue weighted by Gasteiger charge is 2.12. The molecule has 2 nitrogen and oxygen atoms in total. The van der Waals surface area contributed by atoms with E-state index in [-0.39, 0.29) is 6.04 Å². The molecule has 2 aromatic rings. The molecule has 2 aromatic carbocycles. The molecule has 2 N–H and O–H groups in total. The Morgan fingerprint density at radius 3 is 1.95 bits per heavy atom. The monoisotopic (exact) mass is 268 g/mol. The smallest absolute Gasteiger partial charge is 0.0554 e. The number of nitrogens with zero attached hydrogens (tertiary/aromatic N) is 1. The van der Waals surface area contributed by atoms with Gasteiger partial charge in [-0.15, -0.1) is 0 Å². The quantitative estimate of drug-likeness (QED) is 0.919. The first kappa shape index (κ1) is 14.6. The van der Waals surface area contributed by atoms with Crippen LogP contribution in [0.2, 0.25) is 0 Å². The molecule has 0 heterocycles. The van der Waals surface area contributed by atoms with Gasteiger partial charge in [-0.05, 0) is 60.7 Å². The van der Waals surface area contributed by atoms with Gasteiger partial charge in [0.25, 0.3) is 0 Å². The molecule has 0 saturated heterocycles. The largest absolute Gasteiger partial charge is 0.378 e. The minimum Gasteiger partial charge on any atom is -0.378 e. The van der Waals surface area contributed by atoms with Gasteiger partial charge < -0.3 is 10.6 Å². The van der Waals surface area contributed by atoms with Gasteiger partial charge in [0.1, 0.15) is 0 Å². The van der Waals surface area contributed by atoms with Gasteiger partial charge >= 0.3 is 0 Å². The first-order chi connectivity index (χ1) is 9.40. The summed E-state index contributed by atoms with van der Waals surface area (Å²) in [5, 5.41) is 0. The van der Waals surface area contributed by atoms with Gasteiger partial charge in [-0.1, -0.05) is 24.3 Å². The van der Waals surface area contributed by atoms with Crippen molar-refractivity contribution in [2.24, 2.45) is 5.73 Å². The van der Waals surface area contributed by atoms with Crippen molar-refractivity contribution in [3.05, 3.63) is 64.2 Å². The minimum atomic E-state index is -0.0643. The SMILES string of the molecule is Cc1cc(C)c(C(N)c2ccc(N(C)C)cc2)cc1C. The van der Waals surface area contributed by atoms with Crippen LogP contribution in [0.25, 0.3) is 0 Å². The first-order valence-electron chi connectivity index (χ1n) is 7.00. The molecule has 0 aromatic heterocycles. The number of hydrogen-bond donors (Lipinski definition) is 1. The molecular weight excluding hydrogens is 244 g/mol. The molecule has 0 fully saturated rings. The lowest BCUT2D eigenvalue weighted by atomic mass is 9.92. The highest BCUT2D eigenvalue weighted by Crippen LogP contribution is 2.26. The average Bonchev–Trinajstić information content (AvgIpc) is 2.42. The second kappa shape index (κ2) is 5.68. The Labute approximate surface area is 122 Å². The normalized spacial score (nSPS) is 12.3. The van der Waals surface area contributed by atoms with E-state index in [0.29, 0.717) is 0 Å². The molecule has 106 valence electrons. The van der Waals surface area contributed by atoms with Gasteiger partial charge in [0.2, 0.25) is 0 Å². The Morgan fingerprint density at radius 1 is 0.850 bits per heavy atom. The highest BCUT2D eigenvalue weighted by atomic mass is 15.1. The zero-order chi connectivity index (χ0) is 14.9. The van der Waals surface area contributed by atoms with Gasteiger partial charge in [-0.2, -0.15) is 0 Å². The van der Waals surface area contributed by atoms with Gasteiger partial charge in [-0.25, -0.2) is 0 Å². The number of anilines is 1. The number of rotatable bonds is 3. The van der Waals surface area contributed by atoms with E-state index in [1.165, 1.54) is 27.9 Å². The minimum absolute atomic E-state index is 0.0643. The van der Waals surface area contributed by atoms with E-state index < -0.39 is 0 Å². The molecule has 0 aliphatic rings. The van der Waals surface area contributed by atoms with Crippen LogP contribution in [0.3, 0.4) is 0 Å². The third kappa shape index (κ3) is 2.86. The fraction of sp³-hybridized carbons (Fsp3) is 0.333. The highest BCUT2D eigenvalue weighted by molar-refractivity contribution is 5.49. The number of aryl methyl sites for hydroxylation is 3. The molecule has 2 heteroatoms. The predicted molar refractivity (Wildman–Crippen MR) is 87.5 cm³/mol. The van der Waals surface area contributed by atoms with Crippen LogP contribution < -0.4 is 10.6 Å². The van der Waals surface area contributed by atoms with Gasteiger partial charge in [0.05, 0.1) is 6.04 Å². The van der Waals surface area contributed by atoms with Gasteiger partial charge in [0.15, 0.2) is 0 Å². The van der Waals surface area contributed by atoms with E-state index in [1.807, 2.05) is 14.1 Å². The van der Waals surface area contributed by atoms with Crippen molar-refractivity contribution >= 4 is 5.69 Å². The molecule has 0 aliphatic carbocycles. The lowest BCUT2D eigenvalue weighted by Gasteiger charge is -2.19. The Morgan fingerprint density at radius 2 is 1.40 bits per heavy atom. The van der Waals surface area contributed by atoms with Crippen molar-refractivity contribution < 1.29 is 0 Å². The fourth-order valence-corrected chi connectivity index (χ4v) is 2.48. The van der Waals surface area contributed by atoms with Crippen molar-refractivity contribution in [1.29, 1.82) is 0 Å². The van der Waals surface area contributed by atoms with Crippen LogP contribution in [0.5, 0.6) is 0 Å². The topological polar surface area (TPSA) is 29.3 Å². The number of benzene rings is 2. The van der Waals surface area contributed by atoms with Crippen LogP contribution in [-0.4, -0.2) is 14.1 Å². The maximum atomic E-state index is 6.45. The summed E-state index contributed by atoms with van der Waals surface area (Å²) in [5.41, 5.74) is 13.9. The van der Waals surface area contributed by atoms with Gasteiger partial charge in [0, 0.05) is 19.8 Å². The zero-order valence-corrected chi connectivity index (χ0v) is 13.1. The second-order valence-electron chi connectivity index (χ2n) is 5.76. The van der Waals surface area contributed by atoms with Crippen LogP contribution in [0.4, 0.5) is 5.69 Å². The van der Waals surface area contributed by atoms with E-state index in [4.69, 9.17) is 5.73 Å². The molecule has 20 heavy (non-hydrogen) atoms. The van der Waals surface area contributed by atoms with E-state index in [9.17, 15) is 0 Å². The van der Waals surface area contributed by atoms with Crippen molar-refractivity contribution in [3.8, 4) is 0 Å². The lowest BCUT2D eigenvalue weighted by Crippen LogP contribution is -2.14.